The van der Waals surface area contributed by atoms with Gasteiger partial charge >= 0.3 is 0 Å². The van der Waals surface area contributed by atoms with Gasteiger partial charge in [-0.2, -0.15) is 0 Å². The van der Waals surface area contributed by atoms with Gasteiger partial charge in [-0.15, -0.1) is 0 Å². The van der Waals surface area contributed by atoms with E-state index in [1.807, 2.05) is 18.2 Å². The molecule has 1 fully saturated rings. The first kappa shape index (κ1) is 26.1. The van der Waals surface area contributed by atoms with Crippen LogP contribution < -0.4 is 19.1 Å². The molecule has 0 spiro atoms. The number of methoxy groups -OCH3 is 2. The summed E-state index contributed by atoms with van der Waals surface area (Å²) in [6.07, 6.45) is 4.72. The topological polar surface area (TPSA) is 88.2 Å². The molecule has 0 unspecified atom stereocenters. The first-order valence-electron chi connectivity index (χ1n) is 11.2. The molecule has 0 saturated carbocycles. The second-order valence-electron chi connectivity index (χ2n) is 8.31. The summed E-state index contributed by atoms with van der Waals surface area (Å²) in [7, 11) is -0.975. The molecule has 0 atom stereocenters. The van der Waals surface area contributed by atoms with Gasteiger partial charge in [0.05, 0.1) is 31.2 Å². The monoisotopic (exact) mass is 509 g/mol. The molecular formula is C24H32ClN3O5S. The highest BCUT2D eigenvalue weighted by molar-refractivity contribution is 7.92. The van der Waals surface area contributed by atoms with E-state index >= 15 is 0 Å². The maximum atomic E-state index is 12.8. The highest BCUT2D eigenvalue weighted by Gasteiger charge is 2.26. The second-order valence-corrected chi connectivity index (χ2v) is 10.6. The molecule has 186 valence electrons. The number of ether oxygens (including phenoxy) is 2. The number of amides is 1. The number of hydrogen-bond acceptors (Lipinski definition) is 6. The minimum absolute atomic E-state index is 0.173. The van der Waals surface area contributed by atoms with Crippen molar-refractivity contribution in [1.29, 1.82) is 0 Å². The van der Waals surface area contributed by atoms with Gasteiger partial charge in [0.1, 0.15) is 18.0 Å². The molecule has 8 nitrogen and oxygen atoms in total. The fourth-order valence-corrected chi connectivity index (χ4v) is 5.13. The van der Waals surface area contributed by atoms with Crippen LogP contribution in [0, 0.1) is 0 Å². The molecule has 10 heteroatoms. The van der Waals surface area contributed by atoms with Gasteiger partial charge in [0.25, 0.3) is 0 Å². The van der Waals surface area contributed by atoms with Crippen molar-refractivity contribution >= 4 is 33.2 Å². The van der Waals surface area contributed by atoms with E-state index in [0.717, 1.165) is 41.3 Å². The normalized spacial score (nSPS) is 14.5. The Balaban J connectivity index is 1.74. The lowest BCUT2D eigenvalue weighted by molar-refractivity contribution is -0.119. The van der Waals surface area contributed by atoms with Gasteiger partial charge in [-0.25, -0.2) is 8.42 Å². The van der Waals surface area contributed by atoms with Gasteiger partial charge in [0.15, 0.2) is 0 Å². The predicted molar refractivity (Wildman–Crippen MR) is 134 cm³/mol. The number of nitrogens with one attached hydrogen (secondary N) is 1. The van der Waals surface area contributed by atoms with Gasteiger partial charge in [0, 0.05) is 25.2 Å². The van der Waals surface area contributed by atoms with Crippen molar-refractivity contribution in [1.82, 2.24) is 10.2 Å². The van der Waals surface area contributed by atoms with Gasteiger partial charge in [-0.05, 0) is 37.1 Å². The van der Waals surface area contributed by atoms with Crippen molar-refractivity contribution in [3.8, 4) is 11.5 Å². The predicted octanol–water partition coefficient (Wildman–Crippen LogP) is 3.43. The Morgan fingerprint density at radius 1 is 1.06 bits per heavy atom. The molecule has 0 aliphatic carbocycles. The van der Waals surface area contributed by atoms with E-state index in [-0.39, 0.29) is 22.2 Å². The van der Waals surface area contributed by atoms with E-state index in [0.29, 0.717) is 6.54 Å². The van der Waals surface area contributed by atoms with Crippen LogP contribution in [0.5, 0.6) is 11.5 Å². The van der Waals surface area contributed by atoms with E-state index in [2.05, 4.69) is 16.3 Å². The van der Waals surface area contributed by atoms with Gasteiger partial charge in [0.2, 0.25) is 15.9 Å². The SMILES string of the molecule is COc1cc(N(CC(=O)NCc2ccccc2CN2CCCCC2)S(C)(=O)=O)c(OC)cc1Cl. The lowest BCUT2D eigenvalue weighted by Crippen LogP contribution is -2.40. The zero-order valence-electron chi connectivity index (χ0n) is 19.8. The average molecular weight is 510 g/mol. The number of carbonyl (C=O) groups excluding carboxylic acids is 1. The number of carbonyl (C=O) groups is 1. The maximum absolute atomic E-state index is 12.8. The van der Waals surface area contributed by atoms with Crippen LogP contribution in [-0.4, -0.2) is 59.3 Å². The molecule has 0 aromatic heterocycles. The number of halogens is 1. The summed E-state index contributed by atoms with van der Waals surface area (Å²) < 4.78 is 36.7. The molecular weight excluding hydrogens is 478 g/mol. The molecule has 2 aromatic rings. The second kappa shape index (κ2) is 11.8. The Hall–Kier alpha value is -2.49. The Bertz CT molecular complexity index is 1100. The first-order valence-corrected chi connectivity index (χ1v) is 13.4. The number of sulfonamides is 1. The minimum Gasteiger partial charge on any atom is -0.495 e. The molecule has 1 saturated heterocycles. The van der Waals surface area contributed by atoms with E-state index < -0.39 is 22.5 Å². The summed E-state index contributed by atoms with van der Waals surface area (Å²) in [6, 6.07) is 10.9. The van der Waals surface area contributed by atoms with Crippen LogP contribution in [0.2, 0.25) is 5.02 Å². The molecule has 1 N–H and O–H groups in total. The summed E-state index contributed by atoms with van der Waals surface area (Å²) >= 11 is 6.15. The van der Waals surface area contributed by atoms with E-state index in [1.165, 1.54) is 45.6 Å². The standard InChI is InChI=1S/C24H32ClN3O5S/c1-32-22-14-21(23(33-2)13-20(22)25)28(34(3,30)31)17-24(29)26-15-18-9-5-6-10-19(18)16-27-11-7-4-8-12-27/h5-6,9-10,13-14H,4,7-8,11-12,15-17H2,1-3H3,(H,26,29). The Kier molecular flexibility index (Phi) is 9.04. The van der Waals surface area contributed by atoms with E-state index in [1.54, 1.807) is 0 Å². The van der Waals surface area contributed by atoms with Crippen LogP contribution in [0.25, 0.3) is 0 Å². The van der Waals surface area contributed by atoms with Crippen LogP contribution in [0.3, 0.4) is 0 Å². The van der Waals surface area contributed by atoms with Crippen molar-refractivity contribution in [2.75, 3.05) is 44.4 Å². The Morgan fingerprint density at radius 2 is 1.71 bits per heavy atom. The number of anilines is 1. The summed E-state index contributed by atoms with van der Waals surface area (Å²) in [5.41, 5.74) is 2.35. The first-order chi connectivity index (χ1) is 16.2. The van der Waals surface area contributed by atoms with Crippen LogP contribution in [-0.2, 0) is 27.9 Å². The number of nitrogens with zero attached hydrogens (tertiary/aromatic N) is 2. The molecule has 3 rings (SSSR count). The van der Waals surface area contributed by atoms with Gasteiger partial charge in [-0.1, -0.05) is 42.3 Å². The number of piperidine rings is 1. The number of likely N-dealkylation sites (tertiary alicyclic amines) is 1. The third-order valence-electron chi connectivity index (χ3n) is 5.85. The smallest absolute Gasteiger partial charge is 0.241 e. The molecule has 1 aliphatic heterocycles. The van der Waals surface area contributed by atoms with Crippen molar-refractivity contribution in [2.24, 2.45) is 0 Å². The lowest BCUT2D eigenvalue weighted by atomic mass is 10.0. The van der Waals surface area contributed by atoms with Crippen LogP contribution in [0.15, 0.2) is 36.4 Å². The lowest BCUT2D eigenvalue weighted by Gasteiger charge is -2.27. The summed E-state index contributed by atoms with van der Waals surface area (Å²) in [5.74, 6) is 0.0586. The molecule has 1 amide bonds. The third kappa shape index (κ3) is 6.77. The highest BCUT2D eigenvalue weighted by Crippen LogP contribution is 2.38. The van der Waals surface area contributed by atoms with E-state index in [9.17, 15) is 13.2 Å². The molecule has 0 bridgehead atoms. The van der Waals surface area contributed by atoms with Crippen LogP contribution in [0.1, 0.15) is 30.4 Å². The van der Waals surface area contributed by atoms with Crippen LogP contribution >= 0.6 is 11.6 Å². The Labute approximate surface area is 206 Å². The third-order valence-corrected chi connectivity index (χ3v) is 7.27. The van der Waals surface area contributed by atoms with Crippen molar-refractivity contribution in [3.63, 3.8) is 0 Å². The zero-order chi connectivity index (χ0) is 24.7. The number of rotatable bonds is 10. The Morgan fingerprint density at radius 3 is 2.32 bits per heavy atom. The molecule has 1 aliphatic rings. The largest absolute Gasteiger partial charge is 0.495 e. The summed E-state index contributed by atoms with van der Waals surface area (Å²) in [5, 5.41) is 3.13. The molecule has 0 radical (unpaired) electrons. The van der Waals surface area contributed by atoms with Crippen LogP contribution in [0.4, 0.5) is 5.69 Å². The quantitative estimate of drug-likeness (QED) is 0.528. The minimum atomic E-state index is -3.81. The van der Waals surface area contributed by atoms with Gasteiger partial charge < -0.3 is 14.8 Å². The van der Waals surface area contributed by atoms with E-state index in [4.69, 9.17) is 21.1 Å². The molecule has 1 heterocycles. The van der Waals surface area contributed by atoms with Crippen molar-refractivity contribution < 1.29 is 22.7 Å². The molecule has 34 heavy (non-hydrogen) atoms. The fourth-order valence-electron chi connectivity index (χ4n) is 4.04. The van der Waals surface area contributed by atoms with Crippen molar-refractivity contribution in [3.05, 3.63) is 52.5 Å². The molecule has 2 aromatic carbocycles. The average Bonchev–Trinajstić information content (AvgIpc) is 2.82. The number of hydrogen-bond donors (Lipinski definition) is 1. The zero-order valence-corrected chi connectivity index (χ0v) is 21.4. The summed E-state index contributed by atoms with van der Waals surface area (Å²) in [6.45, 7) is 2.89. The van der Waals surface area contributed by atoms with Gasteiger partial charge in [-0.3, -0.25) is 14.0 Å². The van der Waals surface area contributed by atoms with Crippen molar-refractivity contribution in [2.45, 2.75) is 32.4 Å². The summed E-state index contributed by atoms with van der Waals surface area (Å²) in [4.78, 5) is 15.3. The number of benzene rings is 2. The maximum Gasteiger partial charge on any atom is 0.241 e. The highest BCUT2D eigenvalue weighted by atomic mass is 35.5. The fraction of sp³-hybridized carbons (Fsp3) is 0.458.